The van der Waals surface area contributed by atoms with E-state index in [-0.39, 0.29) is 12.0 Å². The van der Waals surface area contributed by atoms with Crippen molar-refractivity contribution in [2.75, 3.05) is 0 Å². The summed E-state index contributed by atoms with van der Waals surface area (Å²) in [4.78, 5) is 22.3. The molecule has 0 amide bonds. The van der Waals surface area contributed by atoms with Crippen LogP contribution in [-0.4, -0.2) is 24.9 Å². The van der Waals surface area contributed by atoms with E-state index in [1.165, 1.54) is 5.56 Å². The number of nitrogens with zero attached hydrogens (tertiary/aromatic N) is 4. The molecular weight excluding hydrogens is 412 g/mol. The Bertz CT molecular complexity index is 1450. The van der Waals surface area contributed by atoms with Crippen molar-refractivity contribution >= 4 is 33.7 Å². The lowest BCUT2D eigenvalue weighted by Gasteiger charge is -2.15. The maximum absolute atomic E-state index is 12.3. The van der Waals surface area contributed by atoms with E-state index >= 15 is 0 Å². The Hall–Kier alpha value is -3.67. The van der Waals surface area contributed by atoms with Gasteiger partial charge in [-0.2, -0.15) is 0 Å². The molecule has 3 heterocycles. The molecule has 0 N–H and O–H groups in total. The van der Waals surface area contributed by atoms with Gasteiger partial charge in [-0.25, -0.2) is 9.97 Å². The molecule has 3 aromatic heterocycles. The Morgan fingerprint density at radius 3 is 2.52 bits per heavy atom. The van der Waals surface area contributed by atoms with Crippen LogP contribution in [0.15, 0.2) is 60.8 Å². The van der Waals surface area contributed by atoms with E-state index in [0.717, 1.165) is 52.8 Å². The summed E-state index contributed by atoms with van der Waals surface area (Å²) >= 11 is 0. The zero-order valence-corrected chi connectivity index (χ0v) is 19.3. The number of carbonyl (C=O) groups excluding carboxylic acids is 1. The molecule has 0 spiro atoms. The van der Waals surface area contributed by atoms with Crippen molar-refractivity contribution in [1.29, 1.82) is 0 Å². The van der Waals surface area contributed by atoms with E-state index < -0.39 is 0 Å². The van der Waals surface area contributed by atoms with Gasteiger partial charge in [-0.3, -0.25) is 9.20 Å². The maximum Gasteiger partial charge on any atom is 0.310 e. The number of rotatable bonds is 7. The third-order valence-corrected chi connectivity index (χ3v) is 6.25. The number of carbonyl (C=O) groups is 1. The molecule has 168 valence electrons. The summed E-state index contributed by atoms with van der Waals surface area (Å²) < 4.78 is 10.0. The zero-order chi connectivity index (χ0) is 22.9. The van der Waals surface area contributed by atoms with Gasteiger partial charge in [-0.05, 0) is 37.5 Å². The number of fused-ring (bicyclic) bond motifs is 5. The molecule has 0 aliphatic rings. The highest BCUT2D eigenvalue weighted by molar-refractivity contribution is 6.01. The average Bonchev–Trinajstić information content (AvgIpc) is 3.41. The van der Waals surface area contributed by atoms with E-state index in [2.05, 4.69) is 53.1 Å². The van der Waals surface area contributed by atoms with Crippen molar-refractivity contribution < 1.29 is 9.53 Å². The number of imidazole rings is 1. The predicted octanol–water partition coefficient (Wildman–Crippen LogP) is 5.91. The van der Waals surface area contributed by atoms with Crippen LogP contribution in [-0.2, 0) is 17.6 Å². The van der Waals surface area contributed by atoms with Gasteiger partial charge in [0.1, 0.15) is 16.9 Å². The standard InChI is InChI=1S/C27H28N4O2/c1-4-23-29-26-25(27-28-20-13-9-10-14-21(20)31(23)27)22(33-24(32)5-2)17-30(26)18(3)15-16-19-11-7-6-8-12-19/h6-14,17-18H,4-5,15-16H2,1-3H3. The molecule has 0 aliphatic carbocycles. The van der Waals surface area contributed by atoms with Crippen LogP contribution in [0.2, 0.25) is 0 Å². The van der Waals surface area contributed by atoms with Gasteiger partial charge in [-0.15, -0.1) is 0 Å². The molecule has 0 fully saturated rings. The highest BCUT2D eigenvalue weighted by Gasteiger charge is 2.23. The first-order chi connectivity index (χ1) is 16.1. The van der Waals surface area contributed by atoms with Crippen molar-refractivity contribution in [3.8, 4) is 5.75 Å². The SMILES string of the molecule is CCC(=O)Oc1cn(C(C)CCc2ccccc2)c2nc(CC)n3c4ccccc4nc3c12. The van der Waals surface area contributed by atoms with Crippen LogP contribution in [0.5, 0.6) is 5.75 Å². The van der Waals surface area contributed by atoms with E-state index in [9.17, 15) is 4.79 Å². The third kappa shape index (κ3) is 3.75. The number of ether oxygens (including phenoxy) is 1. The number of esters is 1. The fourth-order valence-corrected chi connectivity index (χ4v) is 4.45. The van der Waals surface area contributed by atoms with Gasteiger partial charge in [-0.1, -0.05) is 56.3 Å². The number of aromatic nitrogens is 4. The van der Waals surface area contributed by atoms with Crippen molar-refractivity contribution in [2.24, 2.45) is 0 Å². The lowest BCUT2D eigenvalue weighted by molar-refractivity contribution is -0.133. The van der Waals surface area contributed by atoms with Crippen LogP contribution in [0.25, 0.3) is 27.7 Å². The fraction of sp³-hybridized carbons (Fsp3) is 0.296. The molecule has 5 rings (SSSR count). The molecule has 33 heavy (non-hydrogen) atoms. The summed E-state index contributed by atoms with van der Waals surface area (Å²) in [7, 11) is 0. The topological polar surface area (TPSA) is 61.4 Å². The Morgan fingerprint density at radius 1 is 1.00 bits per heavy atom. The zero-order valence-electron chi connectivity index (χ0n) is 19.3. The fourth-order valence-electron chi connectivity index (χ4n) is 4.45. The molecule has 5 aromatic rings. The highest BCUT2D eigenvalue weighted by Crippen LogP contribution is 2.36. The lowest BCUT2D eigenvalue weighted by atomic mass is 10.1. The van der Waals surface area contributed by atoms with Gasteiger partial charge in [0.25, 0.3) is 0 Å². The molecule has 0 saturated heterocycles. The minimum Gasteiger partial charge on any atom is -0.424 e. The third-order valence-electron chi connectivity index (χ3n) is 6.25. The first-order valence-electron chi connectivity index (χ1n) is 11.7. The number of para-hydroxylation sites is 2. The molecule has 2 aromatic carbocycles. The van der Waals surface area contributed by atoms with Crippen LogP contribution in [0, 0.1) is 0 Å². The Kier molecular flexibility index (Phi) is 5.58. The Balaban J connectivity index is 1.69. The van der Waals surface area contributed by atoms with Gasteiger partial charge in [0.15, 0.2) is 11.4 Å². The predicted molar refractivity (Wildman–Crippen MR) is 131 cm³/mol. The van der Waals surface area contributed by atoms with Crippen LogP contribution >= 0.6 is 0 Å². The van der Waals surface area contributed by atoms with E-state index in [1.54, 1.807) is 6.92 Å². The first kappa shape index (κ1) is 21.2. The van der Waals surface area contributed by atoms with Crippen molar-refractivity contribution in [1.82, 2.24) is 18.9 Å². The minimum absolute atomic E-state index is 0.172. The largest absolute Gasteiger partial charge is 0.424 e. The monoisotopic (exact) mass is 440 g/mol. The van der Waals surface area contributed by atoms with Crippen molar-refractivity contribution in [3.63, 3.8) is 0 Å². The second-order valence-corrected chi connectivity index (χ2v) is 8.44. The van der Waals surface area contributed by atoms with Gasteiger partial charge in [0.2, 0.25) is 0 Å². The smallest absolute Gasteiger partial charge is 0.310 e. The minimum atomic E-state index is -0.264. The lowest BCUT2D eigenvalue weighted by Crippen LogP contribution is -2.08. The van der Waals surface area contributed by atoms with Gasteiger partial charge in [0, 0.05) is 25.1 Å². The summed E-state index contributed by atoms with van der Waals surface area (Å²) in [5.41, 5.74) is 4.82. The molecule has 0 aliphatic heterocycles. The maximum atomic E-state index is 12.3. The molecule has 1 atom stereocenters. The van der Waals surface area contributed by atoms with Gasteiger partial charge >= 0.3 is 5.97 Å². The molecule has 0 bridgehead atoms. The summed E-state index contributed by atoms with van der Waals surface area (Å²) in [6.07, 6.45) is 4.91. The second-order valence-electron chi connectivity index (χ2n) is 8.44. The molecule has 0 radical (unpaired) electrons. The Labute approximate surface area is 192 Å². The van der Waals surface area contributed by atoms with Crippen molar-refractivity contribution in [2.45, 2.75) is 52.5 Å². The van der Waals surface area contributed by atoms with Gasteiger partial charge in [0.05, 0.1) is 11.0 Å². The molecule has 0 saturated carbocycles. The molecular formula is C27H28N4O2. The summed E-state index contributed by atoms with van der Waals surface area (Å²) in [5.74, 6) is 1.20. The van der Waals surface area contributed by atoms with E-state index in [1.807, 2.05) is 30.5 Å². The normalized spacial score (nSPS) is 12.6. The summed E-state index contributed by atoms with van der Waals surface area (Å²) in [6, 6.07) is 18.7. The van der Waals surface area contributed by atoms with Crippen LogP contribution < -0.4 is 4.74 Å². The van der Waals surface area contributed by atoms with E-state index in [0.29, 0.717) is 12.2 Å². The molecule has 6 nitrogen and oxygen atoms in total. The van der Waals surface area contributed by atoms with Crippen LogP contribution in [0.1, 0.15) is 51.0 Å². The second kappa shape index (κ2) is 8.70. The van der Waals surface area contributed by atoms with E-state index in [4.69, 9.17) is 14.7 Å². The Morgan fingerprint density at radius 2 is 1.76 bits per heavy atom. The quantitative estimate of drug-likeness (QED) is 0.295. The number of hydrogen-bond donors (Lipinski definition) is 0. The van der Waals surface area contributed by atoms with Gasteiger partial charge < -0.3 is 9.30 Å². The molecule has 1 unspecified atom stereocenters. The van der Waals surface area contributed by atoms with Crippen LogP contribution in [0.4, 0.5) is 0 Å². The number of benzene rings is 2. The summed E-state index contributed by atoms with van der Waals surface area (Å²) in [6.45, 7) is 6.09. The number of hydrogen-bond acceptors (Lipinski definition) is 4. The number of aryl methyl sites for hydroxylation is 2. The molecule has 6 heteroatoms. The highest BCUT2D eigenvalue weighted by atomic mass is 16.5. The van der Waals surface area contributed by atoms with Crippen molar-refractivity contribution in [3.05, 3.63) is 72.2 Å². The summed E-state index contributed by atoms with van der Waals surface area (Å²) in [5, 5.41) is 0.789. The van der Waals surface area contributed by atoms with Crippen LogP contribution in [0.3, 0.4) is 0 Å². The average molecular weight is 441 g/mol. The first-order valence-corrected chi connectivity index (χ1v) is 11.7.